The molecule has 1 fully saturated rings. The van der Waals surface area contributed by atoms with Gasteiger partial charge in [-0.25, -0.2) is 4.39 Å². The maximum Gasteiger partial charge on any atom is 0.253 e. The molecule has 5 heteroatoms. The van der Waals surface area contributed by atoms with Crippen LogP contribution in [-0.4, -0.2) is 37.0 Å². The van der Waals surface area contributed by atoms with Crippen molar-refractivity contribution in [1.82, 2.24) is 10.2 Å². The van der Waals surface area contributed by atoms with Gasteiger partial charge in [0.1, 0.15) is 5.82 Å². The van der Waals surface area contributed by atoms with Crippen LogP contribution in [0.2, 0.25) is 0 Å². The zero-order valence-electron chi connectivity index (χ0n) is 11.3. The molecular formula is C14H20FN3O. The number of hydrogen-bond acceptors (Lipinski definition) is 3. The Morgan fingerprint density at radius 2 is 2.26 bits per heavy atom. The monoisotopic (exact) mass is 265 g/mol. The van der Waals surface area contributed by atoms with Gasteiger partial charge in [0, 0.05) is 18.3 Å². The summed E-state index contributed by atoms with van der Waals surface area (Å²) in [5.41, 5.74) is 6.24. The van der Waals surface area contributed by atoms with Crippen LogP contribution in [0.3, 0.4) is 0 Å². The molecule has 1 aromatic carbocycles. The second kappa shape index (κ2) is 5.57. The number of amides is 1. The van der Waals surface area contributed by atoms with Crippen molar-refractivity contribution in [3.8, 4) is 0 Å². The van der Waals surface area contributed by atoms with Gasteiger partial charge >= 0.3 is 0 Å². The molecule has 1 saturated heterocycles. The van der Waals surface area contributed by atoms with Gasteiger partial charge in [0.05, 0.1) is 5.56 Å². The predicted molar refractivity (Wildman–Crippen MR) is 73.3 cm³/mol. The Balaban J connectivity index is 2.06. The molecule has 1 heterocycles. The summed E-state index contributed by atoms with van der Waals surface area (Å²) in [5, 5.41) is 2.96. The Bertz CT molecular complexity index is 478. The second-order valence-corrected chi connectivity index (χ2v) is 5.34. The Hall–Kier alpha value is -1.62. The van der Waals surface area contributed by atoms with Gasteiger partial charge < -0.3 is 16.0 Å². The number of rotatable bonds is 2. The zero-order chi connectivity index (χ0) is 14.0. The fourth-order valence-electron chi connectivity index (χ4n) is 2.54. The van der Waals surface area contributed by atoms with Gasteiger partial charge in [-0.15, -0.1) is 0 Å². The number of nitrogens with one attached hydrogen (secondary N) is 1. The van der Waals surface area contributed by atoms with Crippen LogP contribution >= 0.6 is 0 Å². The van der Waals surface area contributed by atoms with Crippen molar-refractivity contribution < 1.29 is 9.18 Å². The van der Waals surface area contributed by atoms with Crippen molar-refractivity contribution in [2.75, 3.05) is 25.9 Å². The van der Waals surface area contributed by atoms with Crippen LogP contribution in [0, 0.1) is 11.7 Å². The van der Waals surface area contributed by atoms with E-state index in [0.717, 1.165) is 19.5 Å². The molecule has 0 spiro atoms. The predicted octanol–water partition coefficient (Wildman–Crippen LogP) is 1.48. The van der Waals surface area contributed by atoms with Crippen molar-refractivity contribution in [3.63, 3.8) is 0 Å². The van der Waals surface area contributed by atoms with Crippen LogP contribution in [0.4, 0.5) is 10.1 Å². The average molecular weight is 265 g/mol. The summed E-state index contributed by atoms with van der Waals surface area (Å²) < 4.78 is 13.2. The number of nitrogens with two attached hydrogens (primary N) is 1. The third-order valence-electron chi connectivity index (χ3n) is 3.68. The highest BCUT2D eigenvalue weighted by atomic mass is 19.1. The molecule has 104 valence electrons. The number of piperidine rings is 1. The van der Waals surface area contributed by atoms with Crippen LogP contribution in [0.25, 0.3) is 0 Å². The molecule has 1 aliphatic heterocycles. The van der Waals surface area contributed by atoms with Gasteiger partial charge in [0.2, 0.25) is 0 Å². The van der Waals surface area contributed by atoms with Crippen molar-refractivity contribution in [3.05, 3.63) is 29.6 Å². The fraction of sp³-hybridized carbons (Fsp3) is 0.500. The molecule has 19 heavy (non-hydrogen) atoms. The molecule has 0 aromatic heterocycles. The van der Waals surface area contributed by atoms with E-state index in [0.29, 0.717) is 11.6 Å². The third-order valence-corrected chi connectivity index (χ3v) is 3.68. The van der Waals surface area contributed by atoms with Crippen LogP contribution in [0.5, 0.6) is 0 Å². The normalized spacial score (nSPS) is 24.2. The SMILES string of the molecule is CC1CN(C)CCC1NC(=O)c1cc(F)ccc1N. The van der Waals surface area contributed by atoms with E-state index in [-0.39, 0.29) is 17.5 Å². The maximum atomic E-state index is 13.2. The lowest BCUT2D eigenvalue weighted by atomic mass is 9.94. The smallest absolute Gasteiger partial charge is 0.253 e. The lowest BCUT2D eigenvalue weighted by Gasteiger charge is -2.35. The molecular weight excluding hydrogens is 245 g/mol. The summed E-state index contributed by atoms with van der Waals surface area (Å²) >= 11 is 0. The quantitative estimate of drug-likeness (QED) is 0.796. The molecule has 0 bridgehead atoms. The molecule has 0 saturated carbocycles. The van der Waals surface area contributed by atoms with E-state index < -0.39 is 5.82 Å². The molecule has 1 aliphatic rings. The second-order valence-electron chi connectivity index (χ2n) is 5.34. The highest BCUT2D eigenvalue weighted by Crippen LogP contribution is 2.18. The number of carbonyl (C=O) groups excluding carboxylic acids is 1. The molecule has 0 radical (unpaired) electrons. The van der Waals surface area contributed by atoms with Crippen LogP contribution in [0.1, 0.15) is 23.7 Å². The number of halogens is 1. The summed E-state index contributed by atoms with van der Waals surface area (Å²) in [6.45, 7) is 4.01. The summed E-state index contributed by atoms with van der Waals surface area (Å²) in [4.78, 5) is 14.4. The maximum absolute atomic E-state index is 13.2. The van der Waals surface area contributed by atoms with E-state index in [1.54, 1.807) is 0 Å². The highest BCUT2D eigenvalue weighted by Gasteiger charge is 2.26. The summed E-state index contributed by atoms with van der Waals surface area (Å²) in [6.07, 6.45) is 0.901. The van der Waals surface area contributed by atoms with Crippen LogP contribution in [0.15, 0.2) is 18.2 Å². The molecule has 1 aromatic rings. The van der Waals surface area contributed by atoms with Crippen molar-refractivity contribution in [1.29, 1.82) is 0 Å². The standard InChI is InChI=1S/C14H20FN3O/c1-9-8-18(2)6-5-13(9)17-14(19)11-7-10(15)3-4-12(11)16/h3-4,7,9,13H,5-6,8,16H2,1-2H3,(H,17,19). The van der Waals surface area contributed by atoms with Gasteiger partial charge in [-0.2, -0.15) is 0 Å². The van der Waals surface area contributed by atoms with E-state index in [1.807, 2.05) is 0 Å². The minimum atomic E-state index is -0.448. The molecule has 4 nitrogen and oxygen atoms in total. The number of hydrogen-bond donors (Lipinski definition) is 2. The summed E-state index contributed by atoms with van der Waals surface area (Å²) in [7, 11) is 2.07. The Morgan fingerprint density at radius 1 is 1.53 bits per heavy atom. The van der Waals surface area contributed by atoms with E-state index in [9.17, 15) is 9.18 Å². The first-order valence-electron chi connectivity index (χ1n) is 6.52. The largest absolute Gasteiger partial charge is 0.398 e. The van der Waals surface area contributed by atoms with E-state index in [2.05, 4.69) is 24.2 Å². The lowest BCUT2D eigenvalue weighted by Crippen LogP contribution is -2.48. The van der Waals surface area contributed by atoms with E-state index >= 15 is 0 Å². The highest BCUT2D eigenvalue weighted by molar-refractivity contribution is 5.99. The summed E-state index contributed by atoms with van der Waals surface area (Å²) in [5.74, 6) is -0.369. The Morgan fingerprint density at radius 3 is 2.95 bits per heavy atom. The Labute approximate surface area is 112 Å². The first-order chi connectivity index (χ1) is 8.97. The number of nitrogens with zero attached hydrogens (tertiary/aromatic N) is 1. The van der Waals surface area contributed by atoms with Crippen LogP contribution in [-0.2, 0) is 0 Å². The van der Waals surface area contributed by atoms with Gasteiger partial charge in [0.15, 0.2) is 0 Å². The number of carbonyl (C=O) groups is 1. The minimum absolute atomic E-state index is 0.117. The van der Waals surface area contributed by atoms with E-state index in [4.69, 9.17) is 5.73 Å². The number of nitrogen functional groups attached to an aromatic ring is 1. The van der Waals surface area contributed by atoms with Crippen molar-refractivity contribution >= 4 is 11.6 Å². The molecule has 1 amide bonds. The van der Waals surface area contributed by atoms with Gasteiger partial charge in [0.25, 0.3) is 5.91 Å². The van der Waals surface area contributed by atoms with Crippen LogP contribution < -0.4 is 11.1 Å². The Kier molecular flexibility index (Phi) is 4.04. The first kappa shape index (κ1) is 13.8. The number of benzene rings is 1. The van der Waals surface area contributed by atoms with Crippen molar-refractivity contribution in [2.45, 2.75) is 19.4 Å². The average Bonchev–Trinajstić information content (AvgIpc) is 2.35. The molecule has 2 atom stereocenters. The topological polar surface area (TPSA) is 58.4 Å². The molecule has 0 aliphatic carbocycles. The lowest BCUT2D eigenvalue weighted by molar-refractivity contribution is 0.0884. The van der Waals surface area contributed by atoms with Gasteiger partial charge in [-0.05, 0) is 44.1 Å². The van der Waals surface area contributed by atoms with E-state index in [1.165, 1.54) is 18.2 Å². The van der Waals surface area contributed by atoms with Crippen molar-refractivity contribution in [2.24, 2.45) is 5.92 Å². The molecule has 3 N–H and O–H groups in total. The number of likely N-dealkylation sites (tertiary alicyclic amines) is 1. The zero-order valence-corrected chi connectivity index (χ0v) is 11.3. The fourth-order valence-corrected chi connectivity index (χ4v) is 2.54. The third kappa shape index (κ3) is 3.23. The molecule has 2 rings (SSSR count). The number of anilines is 1. The minimum Gasteiger partial charge on any atom is -0.398 e. The molecule has 2 unspecified atom stereocenters. The van der Waals surface area contributed by atoms with Gasteiger partial charge in [-0.3, -0.25) is 4.79 Å². The van der Waals surface area contributed by atoms with Gasteiger partial charge in [-0.1, -0.05) is 6.92 Å². The summed E-state index contributed by atoms with van der Waals surface area (Å²) in [6, 6.07) is 3.98. The first-order valence-corrected chi connectivity index (χ1v) is 6.52.